The maximum atomic E-state index is 10.9. The van der Waals surface area contributed by atoms with Gasteiger partial charge in [-0.3, -0.25) is 0 Å². The Hall–Kier alpha value is -1.22. The first-order valence-corrected chi connectivity index (χ1v) is 6.73. The molecule has 0 bridgehead atoms. The summed E-state index contributed by atoms with van der Waals surface area (Å²) in [7, 11) is 0. The summed E-state index contributed by atoms with van der Waals surface area (Å²) in [5.41, 5.74) is 1.06. The van der Waals surface area contributed by atoms with Crippen LogP contribution in [0, 0.1) is 5.92 Å². The van der Waals surface area contributed by atoms with Crippen LogP contribution >= 0.6 is 11.6 Å². The normalized spacial score (nSPS) is 23.7. The van der Waals surface area contributed by atoms with Crippen LogP contribution in [0.5, 0.6) is 0 Å². The van der Waals surface area contributed by atoms with Crippen LogP contribution in [0.3, 0.4) is 0 Å². The average molecular weight is 268 g/mol. The lowest BCUT2D eigenvalue weighted by Crippen LogP contribution is -2.26. The van der Waals surface area contributed by atoms with Crippen LogP contribution in [0.15, 0.2) is 18.2 Å². The molecular weight excluding hydrogens is 250 g/mol. The molecule has 3 nitrogen and oxygen atoms in total. The Morgan fingerprint density at radius 2 is 2.22 bits per heavy atom. The van der Waals surface area contributed by atoms with E-state index in [0.717, 1.165) is 18.0 Å². The number of carboxylic acids is 1. The molecule has 0 aliphatic heterocycles. The van der Waals surface area contributed by atoms with Gasteiger partial charge in [0.15, 0.2) is 0 Å². The van der Waals surface area contributed by atoms with Gasteiger partial charge in [0.05, 0.1) is 10.6 Å². The molecule has 2 atom stereocenters. The fourth-order valence-corrected chi connectivity index (χ4v) is 2.84. The number of nitrogens with one attached hydrogen (secondary N) is 1. The van der Waals surface area contributed by atoms with Gasteiger partial charge in [-0.15, -0.1) is 0 Å². The Balaban J connectivity index is 2.05. The van der Waals surface area contributed by atoms with Crippen molar-refractivity contribution in [1.82, 2.24) is 0 Å². The number of anilines is 1. The maximum absolute atomic E-state index is 10.9. The van der Waals surface area contributed by atoms with E-state index in [0.29, 0.717) is 6.04 Å². The number of aromatic carboxylic acids is 1. The third-order valence-corrected chi connectivity index (χ3v) is 3.82. The zero-order chi connectivity index (χ0) is 13.1. The predicted molar refractivity (Wildman–Crippen MR) is 73.5 cm³/mol. The Bertz CT molecular complexity index is 447. The van der Waals surface area contributed by atoms with E-state index in [1.165, 1.54) is 19.3 Å². The van der Waals surface area contributed by atoms with Crippen molar-refractivity contribution in [2.45, 2.75) is 38.6 Å². The van der Waals surface area contributed by atoms with Crippen LogP contribution < -0.4 is 5.32 Å². The molecule has 18 heavy (non-hydrogen) atoms. The first-order valence-electron chi connectivity index (χ1n) is 6.35. The van der Waals surface area contributed by atoms with Gasteiger partial charge in [0.1, 0.15) is 0 Å². The topological polar surface area (TPSA) is 49.3 Å². The highest BCUT2D eigenvalue weighted by molar-refractivity contribution is 6.33. The second-order valence-corrected chi connectivity index (χ2v) is 5.52. The number of carbonyl (C=O) groups is 1. The zero-order valence-electron chi connectivity index (χ0n) is 10.4. The summed E-state index contributed by atoms with van der Waals surface area (Å²) in [6.45, 7) is 2.27. The molecule has 0 amide bonds. The molecule has 2 rings (SSSR count). The monoisotopic (exact) mass is 267 g/mol. The lowest BCUT2D eigenvalue weighted by molar-refractivity contribution is 0.0697. The van der Waals surface area contributed by atoms with Gasteiger partial charge in [0.25, 0.3) is 0 Å². The van der Waals surface area contributed by atoms with Gasteiger partial charge < -0.3 is 10.4 Å². The zero-order valence-corrected chi connectivity index (χ0v) is 11.2. The highest BCUT2D eigenvalue weighted by atomic mass is 35.5. The van der Waals surface area contributed by atoms with Crippen molar-refractivity contribution in [3.63, 3.8) is 0 Å². The molecule has 1 aromatic carbocycles. The maximum Gasteiger partial charge on any atom is 0.337 e. The van der Waals surface area contributed by atoms with Gasteiger partial charge in [-0.05, 0) is 37.0 Å². The molecule has 1 fully saturated rings. The van der Waals surface area contributed by atoms with E-state index in [4.69, 9.17) is 16.7 Å². The second-order valence-electron chi connectivity index (χ2n) is 5.11. The van der Waals surface area contributed by atoms with E-state index < -0.39 is 5.97 Å². The number of benzene rings is 1. The summed E-state index contributed by atoms with van der Waals surface area (Å²) in [6, 6.07) is 5.51. The van der Waals surface area contributed by atoms with Crippen molar-refractivity contribution < 1.29 is 9.90 Å². The van der Waals surface area contributed by atoms with Gasteiger partial charge in [0, 0.05) is 11.7 Å². The minimum atomic E-state index is -0.988. The molecule has 4 heteroatoms. The minimum Gasteiger partial charge on any atom is -0.478 e. The summed E-state index contributed by atoms with van der Waals surface area (Å²) in [5, 5.41) is 12.6. The minimum absolute atomic E-state index is 0.152. The van der Waals surface area contributed by atoms with Crippen LogP contribution in [0.4, 0.5) is 5.69 Å². The molecule has 2 N–H and O–H groups in total. The molecule has 0 aromatic heterocycles. The molecule has 1 aromatic rings. The van der Waals surface area contributed by atoms with Gasteiger partial charge >= 0.3 is 5.97 Å². The fourth-order valence-electron chi connectivity index (χ4n) is 2.58. The summed E-state index contributed by atoms with van der Waals surface area (Å²) in [5.74, 6) is -0.233. The molecule has 1 saturated carbocycles. The SMILES string of the molecule is CC1CCCC(Nc2ccc(C(=O)O)c(Cl)c2)C1. The molecule has 1 aliphatic carbocycles. The first kappa shape index (κ1) is 13.2. The quantitative estimate of drug-likeness (QED) is 0.869. The lowest BCUT2D eigenvalue weighted by atomic mass is 9.87. The molecule has 1 aliphatic rings. The van der Waals surface area contributed by atoms with Gasteiger partial charge in [-0.1, -0.05) is 31.4 Å². The number of halogens is 1. The van der Waals surface area contributed by atoms with E-state index in [9.17, 15) is 4.79 Å². The van der Waals surface area contributed by atoms with Gasteiger partial charge in [0.2, 0.25) is 0 Å². The number of hydrogen-bond acceptors (Lipinski definition) is 2. The summed E-state index contributed by atoms with van der Waals surface area (Å²) in [4.78, 5) is 10.9. The Kier molecular flexibility index (Phi) is 4.12. The molecular formula is C14H18ClNO2. The van der Waals surface area contributed by atoms with Gasteiger partial charge in [-0.2, -0.15) is 0 Å². The Morgan fingerprint density at radius 1 is 1.44 bits per heavy atom. The van der Waals surface area contributed by atoms with Crippen molar-refractivity contribution in [1.29, 1.82) is 0 Å². The predicted octanol–water partition coefficient (Wildman–Crippen LogP) is 4.03. The molecule has 2 unspecified atom stereocenters. The number of hydrogen-bond donors (Lipinski definition) is 2. The highest BCUT2D eigenvalue weighted by Gasteiger charge is 2.19. The van der Waals surface area contributed by atoms with Crippen molar-refractivity contribution in [3.05, 3.63) is 28.8 Å². The summed E-state index contributed by atoms with van der Waals surface area (Å²) in [6.07, 6.45) is 4.89. The van der Waals surface area contributed by atoms with Crippen molar-refractivity contribution >= 4 is 23.3 Å². The van der Waals surface area contributed by atoms with E-state index in [2.05, 4.69) is 12.2 Å². The van der Waals surface area contributed by atoms with Crippen LogP contribution in [0.2, 0.25) is 5.02 Å². The molecule has 0 spiro atoms. The second kappa shape index (κ2) is 5.61. The molecule has 0 heterocycles. The van der Waals surface area contributed by atoms with E-state index in [1.807, 2.05) is 0 Å². The number of carboxylic acid groups (broad SMARTS) is 1. The molecule has 98 valence electrons. The van der Waals surface area contributed by atoms with E-state index in [-0.39, 0.29) is 10.6 Å². The Labute approximate surface area is 112 Å². The van der Waals surface area contributed by atoms with Crippen LogP contribution in [-0.2, 0) is 0 Å². The third kappa shape index (κ3) is 3.16. The van der Waals surface area contributed by atoms with Crippen molar-refractivity contribution in [2.75, 3.05) is 5.32 Å². The standard InChI is InChI=1S/C14H18ClNO2/c1-9-3-2-4-10(7-9)16-11-5-6-12(14(17)18)13(15)8-11/h5-6,8-10,16H,2-4,7H2,1H3,(H,17,18). The van der Waals surface area contributed by atoms with Crippen LogP contribution in [0.25, 0.3) is 0 Å². The van der Waals surface area contributed by atoms with Crippen molar-refractivity contribution in [3.8, 4) is 0 Å². The first-order chi connectivity index (χ1) is 8.56. The van der Waals surface area contributed by atoms with Crippen LogP contribution in [-0.4, -0.2) is 17.1 Å². The smallest absolute Gasteiger partial charge is 0.337 e. The third-order valence-electron chi connectivity index (χ3n) is 3.51. The van der Waals surface area contributed by atoms with Crippen LogP contribution in [0.1, 0.15) is 43.0 Å². The largest absolute Gasteiger partial charge is 0.478 e. The summed E-state index contributed by atoms with van der Waals surface area (Å²) >= 11 is 5.95. The fraction of sp³-hybridized carbons (Fsp3) is 0.500. The number of rotatable bonds is 3. The summed E-state index contributed by atoms with van der Waals surface area (Å²) < 4.78 is 0. The Morgan fingerprint density at radius 3 is 2.83 bits per heavy atom. The van der Waals surface area contributed by atoms with E-state index in [1.54, 1.807) is 18.2 Å². The lowest BCUT2D eigenvalue weighted by Gasteiger charge is -2.28. The van der Waals surface area contributed by atoms with Gasteiger partial charge in [-0.25, -0.2) is 4.79 Å². The molecule has 0 radical (unpaired) electrons. The van der Waals surface area contributed by atoms with Crippen molar-refractivity contribution in [2.24, 2.45) is 5.92 Å². The molecule has 0 saturated heterocycles. The average Bonchev–Trinajstić information content (AvgIpc) is 2.28. The highest BCUT2D eigenvalue weighted by Crippen LogP contribution is 2.28. The van der Waals surface area contributed by atoms with E-state index >= 15 is 0 Å².